The van der Waals surface area contributed by atoms with Crippen molar-refractivity contribution >= 4 is 23.1 Å². The lowest BCUT2D eigenvalue weighted by Gasteiger charge is -2.19. The van der Waals surface area contributed by atoms with E-state index in [-0.39, 0.29) is 11.4 Å². The van der Waals surface area contributed by atoms with E-state index in [1.165, 1.54) is 16.9 Å². The summed E-state index contributed by atoms with van der Waals surface area (Å²) in [5.41, 5.74) is 2.08. The van der Waals surface area contributed by atoms with E-state index in [0.717, 1.165) is 10.6 Å². The lowest BCUT2D eigenvalue weighted by molar-refractivity contribution is 0.171. The van der Waals surface area contributed by atoms with Crippen LogP contribution in [0.5, 0.6) is 0 Å². The molecule has 0 unspecified atom stereocenters. The average molecular weight is 332 g/mol. The van der Waals surface area contributed by atoms with Gasteiger partial charge in [0.25, 0.3) is 0 Å². The van der Waals surface area contributed by atoms with Crippen LogP contribution in [0.1, 0.15) is 43.7 Å². The van der Waals surface area contributed by atoms with Gasteiger partial charge in [-0.05, 0) is 41.0 Å². The lowest BCUT2D eigenvalue weighted by Crippen LogP contribution is -2.30. The van der Waals surface area contributed by atoms with E-state index in [4.69, 9.17) is 0 Å². The number of benzene rings is 1. The molecule has 0 saturated heterocycles. The third kappa shape index (κ3) is 5.37. The van der Waals surface area contributed by atoms with Crippen molar-refractivity contribution in [3.8, 4) is 0 Å². The molecular formula is C18H24N2O2S. The zero-order chi connectivity index (χ0) is 16.9. The quantitative estimate of drug-likeness (QED) is 0.765. The molecule has 1 aromatic heterocycles. The molecule has 3 N–H and O–H groups in total. The minimum absolute atomic E-state index is 0.0960. The summed E-state index contributed by atoms with van der Waals surface area (Å²) in [6.45, 7) is 6.88. The normalized spacial score (nSPS) is 12.7. The summed E-state index contributed by atoms with van der Waals surface area (Å²) in [5, 5.41) is 17.5. The second-order valence-electron chi connectivity index (χ2n) is 6.53. The predicted molar refractivity (Wildman–Crippen MR) is 96.1 cm³/mol. The number of thiophene rings is 1. The monoisotopic (exact) mass is 332 g/mol. The summed E-state index contributed by atoms with van der Waals surface area (Å²) in [7, 11) is 0. The Morgan fingerprint density at radius 2 is 1.91 bits per heavy atom. The molecule has 0 aliphatic heterocycles. The SMILES string of the molecule is CC(C)(C)c1ccc(NC(=O)NCC[C@H](O)c2cccs2)cc1. The molecule has 124 valence electrons. The first kappa shape index (κ1) is 17.5. The van der Waals surface area contributed by atoms with Gasteiger partial charge in [-0.25, -0.2) is 4.79 Å². The van der Waals surface area contributed by atoms with Crippen molar-refractivity contribution in [1.29, 1.82) is 0 Å². The van der Waals surface area contributed by atoms with E-state index in [0.29, 0.717) is 13.0 Å². The fourth-order valence-corrected chi connectivity index (χ4v) is 2.92. The average Bonchev–Trinajstić information content (AvgIpc) is 3.01. The fraction of sp³-hybridized carbons (Fsp3) is 0.389. The Kier molecular flexibility index (Phi) is 5.80. The van der Waals surface area contributed by atoms with Gasteiger partial charge in [-0.2, -0.15) is 0 Å². The summed E-state index contributed by atoms with van der Waals surface area (Å²) in [4.78, 5) is 12.8. The molecule has 0 saturated carbocycles. The van der Waals surface area contributed by atoms with Crippen LogP contribution in [0.15, 0.2) is 41.8 Å². The van der Waals surface area contributed by atoms with Gasteiger partial charge in [-0.1, -0.05) is 39.0 Å². The van der Waals surface area contributed by atoms with Gasteiger partial charge in [-0.3, -0.25) is 0 Å². The maximum Gasteiger partial charge on any atom is 0.319 e. The third-order valence-corrected chi connectivity index (χ3v) is 4.56. The van der Waals surface area contributed by atoms with Gasteiger partial charge in [0.1, 0.15) is 0 Å². The van der Waals surface area contributed by atoms with E-state index < -0.39 is 6.10 Å². The number of hydrogen-bond acceptors (Lipinski definition) is 3. The molecule has 1 atom stereocenters. The highest BCUT2D eigenvalue weighted by atomic mass is 32.1. The van der Waals surface area contributed by atoms with E-state index in [9.17, 15) is 9.90 Å². The van der Waals surface area contributed by atoms with E-state index >= 15 is 0 Å². The standard InChI is InChI=1S/C18H24N2O2S/c1-18(2,3)13-6-8-14(9-7-13)20-17(22)19-11-10-15(21)16-5-4-12-23-16/h4-9,12,15,21H,10-11H2,1-3H3,(H2,19,20,22)/t15-/m0/s1. The number of aliphatic hydroxyl groups excluding tert-OH is 1. The molecule has 23 heavy (non-hydrogen) atoms. The van der Waals surface area contributed by atoms with Gasteiger partial charge in [0.15, 0.2) is 0 Å². The molecule has 0 spiro atoms. The maximum absolute atomic E-state index is 11.9. The van der Waals surface area contributed by atoms with Crippen molar-refractivity contribution in [2.45, 2.75) is 38.7 Å². The zero-order valence-corrected chi connectivity index (χ0v) is 14.6. The number of anilines is 1. The molecule has 5 heteroatoms. The summed E-state index contributed by atoms with van der Waals surface area (Å²) < 4.78 is 0. The first-order valence-corrected chi connectivity index (χ1v) is 8.61. The second-order valence-corrected chi connectivity index (χ2v) is 7.51. The summed E-state index contributed by atoms with van der Waals surface area (Å²) in [5.74, 6) is 0. The molecule has 2 rings (SSSR count). The van der Waals surface area contributed by atoms with E-state index in [1.807, 2.05) is 41.8 Å². The van der Waals surface area contributed by atoms with Crippen molar-refractivity contribution in [2.24, 2.45) is 0 Å². The van der Waals surface area contributed by atoms with Crippen molar-refractivity contribution in [1.82, 2.24) is 5.32 Å². The number of rotatable bonds is 5. The van der Waals surface area contributed by atoms with Crippen LogP contribution in [-0.2, 0) is 5.41 Å². The Bertz CT molecular complexity index is 615. The Hall–Kier alpha value is -1.85. The first-order chi connectivity index (χ1) is 10.9. The topological polar surface area (TPSA) is 61.4 Å². The number of carbonyl (C=O) groups is 1. The molecule has 1 aromatic carbocycles. The number of aliphatic hydroxyl groups is 1. The smallest absolute Gasteiger partial charge is 0.319 e. The summed E-state index contributed by atoms with van der Waals surface area (Å²) >= 11 is 1.52. The highest BCUT2D eigenvalue weighted by Crippen LogP contribution is 2.23. The molecule has 2 aromatic rings. The van der Waals surface area contributed by atoms with Crippen LogP contribution in [0.25, 0.3) is 0 Å². The largest absolute Gasteiger partial charge is 0.388 e. The van der Waals surface area contributed by atoms with E-state index in [2.05, 4.69) is 31.4 Å². The van der Waals surface area contributed by atoms with E-state index in [1.54, 1.807) is 0 Å². The first-order valence-electron chi connectivity index (χ1n) is 7.73. The molecule has 2 amide bonds. The van der Waals surface area contributed by atoms with Crippen LogP contribution in [0.3, 0.4) is 0 Å². The van der Waals surface area contributed by atoms with Crippen molar-refractivity contribution in [3.05, 3.63) is 52.2 Å². The van der Waals surface area contributed by atoms with Crippen LogP contribution >= 0.6 is 11.3 Å². The van der Waals surface area contributed by atoms with Crippen molar-refractivity contribution in [2.75, 3.05) is 11.9 Å². The van der Waals surface area contributed by atoms with Crippen LogP contribution in [-0.4, -0.2) is 17.7 Å². The molecule has 0 aliphatic carbocycles. The van der Waals surface area contributed by atoms with Crippen LogP contribution < -0.4 is 10.6 Å². The lowest BCUT2D eigenvalue weighted by atomic mass is 9.87. The number of nitrogens with one attached hydrogen (secondary N) is 2. The second kappa shape index (κ2) is 7.62. The molecule has 0 bridgehead atoms. The van der Waals surface area contributed by atoms with Crippen LogP contribution in [0.4, 0.5) is 10.5 Å². The highest BCUT2D eigenvalue weighted by Gasteiger charge is 2.13. The maximum atomic E-state index is 11.9. The number of urea groups is 1. The summed E-state index contributed by atoms with van der Waals surface area (Å²) in [6, 6.07) is 11.4. The number of amides is 2. The van der Waals surface area contributed by atoms with Gasteiger partial charge in [-0.15, -0.1) is 11.3 Å². The minimum Gasteiger partial charge on any atom is -0.388 e. The van der Waals surface area contributed by atoms with Gasteiger partial charge < -0.3 is 15.7 Å². The Labute approximate surface area is 141 Å². The Morgan fingerprint density at radius 3 is 2.48 bits per heavy atom. The number of hydrogen-bond donors (Lipinski definition) is 3. The highest BCUT2D eigenvalue weighted by molar-refractivity contribution is 7.10. The minimum atomic E-state index is -0.527. The number of carbonyl (C=O) groups excluding carboxylic acids is 1. The third-order valence-electron chi connectivity index (χ3n) is 3.58. The van der Waals surface area contributed by atoms with Crippen LogP contribution in [0.2, 0.25) is 0 Å². The van der Waals surface area contributed by atoms with Gasteiger partial charge >= 0.3 is 6.03 Å². The van der Waals surface area contributed by atoms with Crippen LogP contribution in [0, 0.1) is 0 Å². The summed E-state index contributed by atoms with van der Waals surface area (Å²) in [6.07, 6.45) is -0.0296. The Morgan fingerprint density at radius 1 is 1.22 bits per heavy atom. The van der Waals surface area contributed by atoms with Gasteiger partial charge in [0.05, 0.1) is 6.10 Å². The fourth-order valence-electron chi connectivity index (χ4n) is 2.17. The molecular weight excluding hydrogens is 308 g/mol. The van der Waals surface area contributed by atoms with Gasteiger partial charge in [0.2, 0.25) is 0 Å². The van der Waals surface area contributed by atoms with Gasteiger partial charge in [0, 0.05) is 17.1 Å². The molecule has 0 fully saturated rings. The molecule has 0 radical (unpaired) electrons. The molecule has 4 nitrogen and oxygen atoms in total. The van der Waals surface area contributed by atoms with Crippen molar-refractivity contribution in [3.63, 3.8) is 0 Å². The zero-order valence-electron chi connectivity index (χ0n) is 13.8. The molecule has 0 aliphatic rings. The predicted octanol–water partition coefficient (Wildman–Crippen LogP) is 4.29. The van der Waals surface area contributed by atoms with Crippen molar-refractivity contribution < 1.29 is 9.90 Å². The Balaban J connectivity index is 1.76. The molecule has 1 heterocycles.